The van der Waals surface area contributed by atoms with Gasteiger partial charge in [-0.3, -0.25) is 4.79 Å². The number of carbonyl (C=O) groups excluding carboxylic acids is 1. The summed E-state index contributed by atoms with van der Waals surface area (Å²) < 4.78 is 0. The van der Waals surface area contributed by atoms with Gasteiger partial charge in [-0.2, -0.15) is 0 Å². The van der Waals surface area contributed by atoms with Crippen molar-refractivity contribution in [2.24, 2.45) is 0 Å². The van der Waals surface area contributed by atoms with Crippen LogP contribution in [-0.4, -0.2) is 16.5 Å². The maximum Gasteiger partial charge on any atom is 0.164 e. The van der Waals surface area contributed by atoms with Crippen LogP contribution in [0.25, 0.3) is 0 Å². The van der Waals surface area contributed by atoms with E-state index in [4.69, 9.17) is 0 Å². The van der Waals surface area contributed by atoms with Gasteiger partial charge in [0.05, 0.1) is 0 Å². The van der Waals surface area contributed by atoms with Crippen LogP contribution in [-0.2, 0) is 4.79 Å². The van der Waals surface area contributed by atoms with Crippen molar-refractivity contribution in [2.75, 3.05) is 0 Å². The predicted octanol–water partition coefficient (Wildman–Crippen LogP) is 2.22. The molecule has 1 atom stereocenters. The summed E-state index contributed by atoms with van der Waals surface area (Å²) in [5.41, 5.74) is -1.10. The summed E-state index contributed by atoms with van der Waals surface area (Å²) in [7, 11) is 0. The van der Waals surface area contributed by atoms with Crippen LogP contribution < -0.4 is 0 Å². The number of hydrogen-bond donors (Lipinski definition) is 1. The number of hydrogen-bond acceptors (Lipinski definition) is 2. The van der Waals surface area contributed by atoms with E-state index in [-0.39, 0.29) is 5.78 Å². The van der Waals surface area contributed by atoms with E-state index in [1.807, 2.05) is 0 Å². The van der Waals surface area contributed by atoms with E-state index >= 15 is 0 Å². The van der Waals surface area contributed by atoms with Crippen LogP contribution in [0, 0.1) is 0 Å². The molecule has 1 N–H and O–H groups in total. The molecular weight excluding hydrogens is 164 g/mol. The van der Waals surface area contributed by atoms with Gasteiger partial charge in [0.2, 0.25) is 0 Å². The van der Waals surface area contributed by atoms with E-state index < -0.39 is 5.60 Å². The second-order valence-electron chi connectivity index (χ2n) is 3.86. The SMILES string of the molecule is C=CC[C@]1(O)CCCCCCC1=O. The fraction of sp³-hybridized carbons (Fsp3) is 0.727. The first-order chi connectivity index (χ1) is 6.19. The molecule has 0 aromatic heterocycles. The number of carbonyl (C=O) groups is 1. The van der Waals surface area contributed by atoms with Gasteiger partial charge in [0.1, 0.15) is 5.60 Å². The van der Waals surface area contributed by atoms with Crippen LogP contribution in [0.3, 0.4) is 0 Å². The third kappa shape index (κ3) is 2.66. The van der Waals surface area contributed by atoms with Crippen LogP contribution in [0.4, 0.5) is 0 Å². The van der Waals surface area contributed by atoms with Crippen LogP contribution in [0.1, 0.15) is 44.9 Å². The number of ketones is 1. The van der Waals surface area contributed by atoms with Crippen molar-refractivity contribution in [2.45, 2.75) is 50.5 Å². The summed E-state index contributed by atoms with van der Waals surface area (Å²) in [4.78, 5) is 11.6. The molecule has 0 amide bonds. The van der Waals surface area contributed by atoms with Gasteiger partial charge < -0.3 is 5.11 Å². The van der Waals surface area contributed by atoms with Crippen LogP contribution in [0.15, 0.2) is 12.7 Å². The first-order valence-electron chi connectivity index (χ1n) is 5.05. The first-order valence-corrected chi connectivity index (χ1v) is 5.05. The van der Waals surface area contributed by atoms with Crippen molar-refractivity contribution < 1.29 is 9.90 Å². The second kappa shape index (κ2) is 4.56. The highest BCUT2D eigenvalue weighted by Gasteiger charge is 2.33. The molecule has 1 fully saturated rings. The Morgan fingerprint density at radius 2 is 2.08 bits per heavy atom. The number of Topliss-reactive ketones (excluding diaryl/α,β-unsaturated/α-hetero) is 1. The van der Waals surface area contributed by atoms with Gasteiger partial charge in [-0.05, 0) is 12.8 Å². The van der Waals surface area contributed by atoms with Crippen LogP contribution in [0.2, 0.25) is 0 Å². The van der Waals surface area contributed by atoms with Crippen molar-refractivity contribution in [3.8, 4) is 0 Å². The fourth-order valence-corrected chi connectivity index (χ4v) is 1.88. The molecule has 1 rings (SSSR count). The molecule has 2 nitrogen and oxygen atoms in total. The van der Waals surface area contributed by atoms with Gasteiger partial charge in [-0.15, -0.1) is 6.58 Å². The molecule has 0 unspecified atom stereocenters. The Balaban J connectivity index is 2.64. The van der Waals surface area contributed by atoms with Crippen LogP contribution in [0.5, 0.6) is 0 Å². The Morgan fingerprint density at radius 1 is 1.38 bits per heavy atom. The normalized spacial score (nSPS) is 30.7. The second-order valence-corrected chi connectivity index (χ2v) is 3.86. The van der Waals surface area contributed by atoms with Crippen molar-refractivity contribution in [1.29, 1.82) is 0 Å². The summed E-state index contributed by atoms with van der Waals surface area (Å²) in [5.74, 6) is 0.00657. The standard InChI is InChI=1S/C11H18O2/c1-2-8-11(13)9-6-4-3-5-7-10(11)12/h2,13H,1,3-9H2/t11-/m0/s1. The average molecular weight is 182 g/mol. The van der Waals surface area contributed by atoms with Gasteiger partial charge in [0.25, 0.3) is 0 Å². The molecule has 0 aromatic carbocycles. The zero-order valence-corrected chi connectivity index (χ0v) is 8.09. The summed E-state index contributed by atoms with van der Waals surface area (Å²) >= 11 is 0. The van der Waals surface area contributed by atoms with E-state index in [9.17, 15) is 9.90 Å². The topological polar surface area (TPSA) is 37.3 Å². The molecule has 74 valence electrons. The number of rotatable bonds is 2. The van der Waals surface area contributed by atoms with Crippen LogP contribution >= 0.6 is 0 Å². The molecular formula is C11H18O2. The fourth-order valence-electron chi connectivity index (χ4n) is 1.88. The molecule has 0 spiro atoms. The quantitative estimate of drug-likeness (QED) is 0.665. The molecule has 1 saturated carbocycles. The summed E-state index contributed by atoms with van der Waals surface area (Å²) in [6.45, 7) is 3.58. The molecule has 0 aromatic rings. The van der Waals surface area contributed by atoms with E-state index in [1.165, 1.54) is 0 Å². The lowest BCUT2D eigenvalue weighted by molar-refractivity contribution is -0.138. The summed E-state index contributed by atoms with van der Waals surface area (Å²) in [6.07, 6.45) is 7.32. The molecule has 2 heteroatoms. The minimum Gasteiger partial charge on any atom is -0.382 e. The molecule has 0 radical (unpaired) electrons. The Kier molecular flexibility index (Phi) is 3.67. The smallest absolute Gasteiger partial charge is 0.164 e. The zero-order valence-electron chi connectivity index (χ0n) is 8.09. The Bertz CT molecular complexity index is 198. The molecule has 0 heterocycles. The Morgan fingerprint density at radius 3 is 2.77 bits per heavy atom. The van der Waals surface area contributed by atoms with E-state index in [1.54, 1.807) is 6.08 Å². The van der Waals surface area contributed by atoms with Crippen molar-refractivity contribution in [1.82, 2.24) is 0 Å². The first kappa shape index (κ1) is 10.5. The molecule has 0 aliphatic heterocycles. The lowest BCUT2D eigenvalue weighted by atomic mass is 9.83. The molecule has 0 saturated heterocycles. The molecule has 0 bridgehead atoms. The highest BCUT2D eigenvalue weighted by Crippen LogP contribution is 2.26. The highest BCUT2D eigenvalue weighted by molar-refractivity contribution is 5.87. The molecule has 13 heavy (non-hydrogen) atoms. The van der Waals surface area contributed by atoms with Gasteiger partial charge in [0.15, 0.2) is 5.78 Å². The monoisotopic (exact) mass is 182 g/mol. The van der Waals surface area contributed by atoms with Crippen molar-refractivity contribution in [3.63, 3.8) is 0 Å². The average Bonchev–Trinajstić information content (AvgIpc) is 2.09. The summed E-state index contributed by atoms with van der Waals surface area (Å²) in [6, 6.07) is 0. The lowest BCUT2D eigenvalue weighted by Crippen LogP contribution is -2.38. The van der Waals surface area contributed by atoms with Gasteiger partial charge >= 0.3 is 0 Å². The summed E-state index contributed by atoms with van der Waals surface area (Å²) in [5, 5.41) is 10.0. The third-order valence-electron chi connectivity index (χ3n) is 2.75. The molecule has 1 aliphatic rings. The Labute approximate surface area is 79.6 Å². The number of aliphatic hydroxyl groups is 1. The van der Waals surface area contributed by atoms with E-state index in [0.29, 0.717) is 19.3 Å². The zero-order chi connectivity index (χ0) is 9.73. The maximum absolute atomic E-state index is 11.6. The van der Waals surface area contributed by atoms with Gasteiger partial charge in [-0.25, -0.2) is 0 Å². The van der Waals surface area contributed by atoms with Crippen molar-refractivity contribution >= 4 is 5.78 Å². The largest absolute Gasteiger partial charge is 0.382 e. The predicted molar refractivity (Wildman–Crippen MR) is 52.5 cm³/mol. The lowest BCUT2D eigenvalue weighted by Gasteiger charge is -2.27. The van der Waals surface area contributed by atoms with Crippen molar-refractivity contribution in [3.05, 3.63) is 12.7 Å². The minimum absolute atomic E-state index is 0.00657. The molecule has 1 aliphatic carbocycles. The Hall–Kier alpha value is -0.630. The highest BCUT2D eigenvalue weighted by atomic mass is 16.3. The van der Waals surface area contributed by atoms with Gasteiger partial charge in [0, 0.05) is 12.8 Å². The maximum atomic E-state index is 11.6. The van der Waals surface area contributed by atoms with Gasteiger partial charge in [-0.1, -0.05) is 25.3 Å². The third-order valence-corrected chi connectivity index (χ3v) is 2.75. The minimum atomic E-state index is -1.10. The van der Waals surface area contributed by atoms with E-state index in [0.717, 1.165) is 25.7 Å². The van der Waals surface area contributed by atoms with E-state index in [2.05, 4.69) is 6.58 Å².